The fourth-order valence-electron chi connectivity index (χ4n) is 4.63. The molecule has 0 saturated carbocycles. The summed E-state index contributed by atoms with van der Waals surface area (Å²) in [4.78, 5) is 0.806. The van der Waals surface area contributed by atoms with Crippen molar-refractivity contribution in [2.75, 3.05) is 0 Å². The smallest absolute Gasteiger partial charge is 0.180 e. The Morgan fingerprint density at radius 2 is 0.900 bits per heavy atom. The first-order valence-electron chi connectivity index (χ1n) is 10.0. The van der Waals surface area contributed by atoms with Crippen molar-refractivity contribution in [2.45, 2.75) is 0 Å². The minimum absolute atomic E-state index is 0.593. The molecule has 0 bridgehead atoms. The van der Waals surface area contributed by atoms with Gasteiger partial charge >= 0.3 is 0 Å². The van der Waals surface area contributed by atoms with Crippen LogP contribution in [0.25, 0.3) is 5.20 Å². The molecule has 0 atom stereocenters. The molecule has 30 heavy (non-hydrogen) atoms. The Hall–Kier alpha value is -3.27. The fourth-order valence-corrected chi connectivity index (χ4v) is 10.2. The van der Waals surface area contributed by atoms with Gasteiger partial charge in [0.05, 0.1) is 16.1 Å². The second-order valence-electron chi connectivity index (χ2n) is 7.40. The molecule has 0 amide bonds. The topological polar surface area (TPSA) is 17.1 Å². The first-order chi connectivity index (χ1) is 14.9. The molecule has 4 aromatic rings. The van der Waals surface area contributed by atoms with Gasteiger partial charge in [0, 0.05) is 5.56 Å². The SMILES string of the molecule is O=S=C1C=C([Si](c2ccccc2)(c2ccccc2)c2ccccc2)c2ccccc21. The third-order valence-electron chi connectivity index (χ3n) is 5.87. The van der Waals surface area contributed by atoms with Crippen LogP contribution in [0.1, 0.15) is 11.1 Å². The summed E-state index contributed by atoms with van der Waals surface area (Å²) in [6, 6.07) is 40.8. The number of fused-ring (bicyclic) bond motifs is 1. The molecular formula is C27H20OSSi. The van der Waals surface area contributed by atoms with Crippen molar-refractivity contribution in [2.24, 2.45) is 0 Å². The van der Waals surface area contributed by atoms with Gasteiger partial charge in [0.25, 0.3) is 0 Å². The highest BCUT2D eigenvalue weighted by Crippen LogP contribution is 2.34. The van der Waals surface area contributed by atoms with Crippen LogP contribution in [0.15, 0.2) is 121 Å². The van der Waals surface area contributed by atoms with Crippen LogP contribution in [0, 0.1) is 0 Å². The standard InChI is InChI=1S/C27H20OSSi/c28-29-26-20-27(25-19-11-10-18-24(25)26)30(21-12-4-1-5-13-21,22-14-6-2-7-15-22)23-16-8-3-9-17-23/h1-20H. The van der Waals surface area contributed by atoms with Gasteiger partial charge in [-0.15, -0.1) is 0 Å². The average molecular weight is 421 g/mol. The lowest BCUT2D eigenvalue weighted by atomic mass is 10.1. The zero-order chi connectivity index (χ0) is 20.4. The normalized spacial score (nSPS) is 12.9. The monoisotopic (exact) mass is 420 g/mol. The van der Waals surface area contributed by atoms with Gasteiger partial charge in [-0.3, -0.25) is 0 Å². The highest BCUT2D eigenvalue weighted by atomic mass is 32.1. The van der Waals surface area contributed by atoms with E-state index in [1.807, 2.05) is 6.07 Å². The van der Waals surface area contributed by atoms with Gasteiger partial charge in [0.15, 0.2) is 8.07 Å². The summed E-state index contributed by atoms with van der Waals surface area (Å²) in [6.07, 6.45) is 2.15. The largest absolute Gasteiger partial charge is 0.212 e. The number of allylic oxidation sites excluding steroid dienone is 1. The van der Waals surface area contributed by atoms with E-state index < -0.39 is 8.07 Å². The maximum Gasteiger partial charge on any atom is 0.180 e. The molecular weight excluding hydrogens is 400 g/mol. The predicted molar refractivity (Wildman–Crippen MR) is 131 cm³/mol. The Labute approximate surface area is 181 Å². The van der Waals surface area contributed by atoms with Crippen molar-refractivity contribution >= 4 is 45.0 Å². The molecule has 0 radical (unpaired) electrons. The Morgan fingerprint density at radius 1 is 0.500 bits per heavy atom. The molecule has 5 rings (SSSR count). The van der Waals surface area contributed by atoms with Gasteiger partial charge in [-0.1, -0.05) is 115 Å². The van der Waals surface area contributed by atoms with E-state index in [0.29, 0.717) is 11.3 Å². The van der Waals surface area contributed by atoms with Gasteiger partial charge in [-0.05, 0) is 32.4 Å². The Morgan fingerprint density at radius 3 is 1.33 bits per heavy atom. The molecule has 0 saturated heterocycles. The van der Waals surface area contributed by atoms with Gasteiger partial charge in [0.2, 0.25) is 0 Å². The number of rotatable bonds is 4. The summed E-state index contributed by atoms with van der Waals surface area (Å²) in [5.74, 6) is 0. The van der Waals surface area contributed by atoms with E-state index in [4.69, 9.17) is 0 Å². The van der Waals surface area contributed by atoms with Crippen LogP contribution >= 0.6 is 0 Å². The summed E-state index contributed by atoms with van der Waals surface area (Å²) in [7, 11) is -2.61. The number of hydrogen-bond donors (Lipinski definition) is 0. The highest BCUT2D eigenvalue weighted by Gasteiger charge is 2.45. The van der Waals surface area contributed by atoms with Crippen molar-refractivity contribution in [3.8, 4) is 0 Å². The molecule has 144 valence electrons. The first kappa shape index (κ1) is 18.7. The maximum atomic E-state index is 12.0. The zero-order valence-electron chi connectivity index (χ0n) is 16.4. The average Bonchev–Trinajstić information content (AvgIpc) is 3.21. The summed E-state index contributed by atoms with van der Waals surface area (Å²) in [6.45, 7) is 0. The van der Waals surface area contributed by atoms with Gasteiger partial charge in [-0.25, -0.2) is 4.21 Å². The van der Waals surface area contributed by atoms with E-state index in [0.717, 1.165) is 10.4 Å². The third kappa shape index (κ3) is 2.86. The van der Waals surface area contributed by atoms with Crippen LogP contribution in [-0.2, 0) is 11.3 Å². The summed E-state index contributed by atoms with van der Waals surface area (Å²) >= 11 is 0.593. The van der Waals surface area contributed by atoms with Crippen molar-refractivity contribution in [1.82, 2.24) is 0 Å². The van der Waals surface area contributed by atoms with Crippen molar-refractivity contribution in [1.29, 1.82) is 0 Å². The summed E-state index contributed by atoms with van der Waals surface area (Å²) in [5, 5.41) is 5.24. The molecule has 4 aromatic carbocycles. The van der Waals surface area contributed by atoms with E-state index >= 15 is 0 Å². The quantitative estimate of drug-likeness (QED) is 0.280. The Kier molecular flexibility index (Phi) is 4.91. The van der Waals surface area contributed by atoms with Crippen LogP contribution < -0.4 is 15.6 Å². The zero-order valence-corrected chi connectivity index (χ0v) is 18.2. The lowest BCUT2D eigenvalue weighted by molar-refractivity contribution is 0.701. The van der Waals surface area contributed by atoms with Gasteiger partial charge in [-0.2, -0.15) is 0 Å². The lowest BCUT2D eigenvalue weighted by Crippen LogP contribution is -2.67. The number of benzene rings is 4. The molecule has 0 N–H and O–H groups in total. The molecule has 1 nitrogen and oxygen atoms in total. The molecule has 0 unspecified atom stereocenters. The molecule has 0 spiro atoms. The lowest BCUT2D eigenvalue weighted by Gasteiger charge is -2.35. The van der Waals surface area contributed by atoms with Crippen LogP contribution in [0.5, 0.6) is 0 Å². The number of hydrogen-bond acceptors (Lipinski definition) is 1. The summed E-state index contributed by atoms with van der Waals surface area (Å²) in [5.41, 5.74) is 2.23. The van der Waals surface area contributed by atoms with Crippen LogP contribution in [0.4, 0.5) is 0 Å². The van der Waals surface area contributed by atoms with E-state index in [1.54, 1.807) is 0 Å². The fraction of sp³-hybridized carbons (Fsp3) is 0. The summed E-state index contributed by atoms with van der Waals surface area (Å²) < 4.78 is 12.0. The second kappa shape index (κ2) is 7.86. The minimum Gasteiger partial charge on any atom is -0.212 e. The minimum atomic E-state index is -2.61. The molecule has 1 aliphatic rings. The van der Waals surface area contributed by atoms with Crippen molar-refractivity contribution in [3.63, 3.8) is 0 Å². The molecule has 1 aliphatic carbocycles. The van der Waals surface area contributed by atoms with Gasteiger partial charge < -0.3 is 0 Å². The van der Waals surface area contributed by atoms with Crippen LogP contribution in [0.3, 0.4) is 0 Å². The third-order valence-corrected chi connectivity index (χ3v) is 11.2. The van der Waals surface area contributed by atoms with E-state index in [9.17, 15) is 4.21 Å². The van der Waals surface area contributed by atoms with Crippen molar-refractivity contribution in [3.05, 3.63) is 132 Å². The Balaban J connectivity index is 1.95. The maximum absolute atomic E-state index is 12.0. The molecule has 0 aliphatic heterocycles. The second-order valence-corrected chi connectivity index (χ2v) is 11.8. The predicted octanol–water partition coefficient (Wildman–Crippen LogP) is 3.53. The van der Waals surface area contributed by atoms with Crippen LogP contribution in [0.2, 0.25) is 0 Å². The molecule has 0 aromatic heterocycles. The van der Waals surface area contributed by atoms with Crippen LogP contribution in [-0.4, -0.2) is 17.1 Å². The first-order valence-corrected chi connectivity index (χ1v) is 12.7. The van der Waals surface area contributed by atoms with E-state index in [2.05, 4.69) is 115 Å². The molecule has 0 heterocycles. The van der Waals surface area contributed by atoms with E-state index in [1.165, 1.54) is 26.3 Å². The van der Waals surface area contributed by atoms with Crippen molar-refractivity contribution < 1.29 is 4.21 Å². The van der Waals surface area contributed by atoms with Gasteiger partial charge in [0.1, 0.15) is 0 Å². The van der Waals surface area contributed by atoms with E-state index in [-0.39, 0.29) is 0 Å². The molecule has 0 fully saturated rings. The highest BCUT2D eigenvalue weighted by molar-refractivity contribution is 7.67. The Bertz CT molecular complexity index is 1180. The molecule has 3 heteroatoms.